The minimum atomic E-state index is -0.274. The molecule has 1 saturated heterocycles. The van der Waals surface area contributed by atoms with Crippen LogP contribution in [0.4, 0.5) is 5.69 Å². The third kappa shape index (κ3) is 2.94. The van der Waals surface area contributed by atoms with Crippen LogP contribution >= 0.6 is 0 Å². The number of carbonyl (C=O) groups excluding carboxylic acids is 1. The zero-order valence-corrected chi connectivity index (χ0v) is 15.4. The Balaban J connectivity index is 1.43. The Morgan fingerprint density at radius 1 is 0.923 bits per heavy atom. The standard InChI is InChI=1S/C22H26N2O2/c1-26-20-10-8-19(9-11-20)23-14-16-24(17-15-23)21(25)22(12-5-13-22)18-6-3-2-4-7-18/h2-4,6-11H,5,12-17H2,1H3. The Bertz CT molecular complexity index is 745. The zero-order chi connectivity index (χ0) is 18.0. The fourth-order valence-corrected chi connectivity index (χ4v) is 4.18. The van der Waals surface area contributed by atoms with Crippen molar-refractivity contribution < 1.29 is 9.53 Å². The Labute approximate surface area is 155 Å². The molecule has 0 spiro atoms. The van der Waals surface area contributed by atoms with E-state index in [1.165, 1.54) is 11.3 Å². The van der Waals surface area contributed by atoms with Gasteiger partial charge in [0.25, 0.3) is 0 Å². The zero-order valence-electron chi connectivity index (χ0n) is 15.4. The highest BCUT2D eigenvalue weighted by atomic mass is 16.5. The van der Waals surface area contributed by atoms with Gasteiger partial charge in [-0.25, -0.2) is 0 Å². The van der Waals surface area contributed by atoms with E-state index in [1.807, 2.05) is 30.3 Å². The molecule has 1 heterocycles. The lowest BCUT2D eigenvalue weighted by Crippen LogP contribution is -2.56. The van der Waals surface area contributed by atoms with Crippen LogP contribution in [0.3, 0.4) is 0 Å². The maximum absolute atomic E-state index is 13.3. The Hall–Kier alpha value is -2.49. The maximum Gasteiger partial charge on any atom is 0.233 e. The highest BCUT2D eigenvalue weighted by molar-refractivity contribution is 5.89. The van der Waals surface area contributed by atoms with Gasteiger partial charge in [0.1, 0.15) is 5.75 Å². The number of anilines is 1. The van der Waals surface area contributed by atoms with Crippen LogP contribution < -0.4 is 9.64 Å². The molecule has 1 aliphatic heterocycles. The quantitative estimate of drug-likeness (QED) is 0.846. The van der Waals surface area contributed by atoms with Crippen LogP contribution in [0.2, 0.25) is 0 Å². The molecule has 4 nitrogen and oxygen atoms in total. The number of piperazine rings is 1. The highest BCUT2D eigenvalue weighted by Crippen LogP contribution is 2.45. The van der Waals surface area contributed by atoms with Crippen LogP contribution in [0.1, 0.15) is 24.8 Å². The summed E-state index contributed by atoms with van der Waals surface area (Å²) in [6.07, 6.45) is 3.11. The molecule has 26 heavy (non-hydrogen) atoms. The molecule has 0 atom stereocenters. The molecular weight excluding hydrogens is 324 g/mol. The van der Waals surface area contributed by atoms with E-state index in [9.17, 15) is 4.79 Å². The topological polar surface area (TPSA) is 32.8 Å². The molecule has 4 rings (SSSR count). The third-order valence-corrected chi connectivity index (χ3v) is 5.95. The number of benzene rings is 2. The SMILES string of the molecule is COc1ccc(N2CCN(C(=O)C3(c4ccccc4)CCC3)CC2)cc1. The van der Waals surface area contributed by atoms with Gasteiger partial charge in [0.2, 0.25) is 5.91 Å². The molecule has 1 amide bonds. The number of carbonyl (C=O) groups is 1. The number of nitrogens with zero attached hydrogens (tertiary/aromatic N) is 2. The molecule has 0 radical (unpaired) electrons. The van der Waals surface area contributed by atoms with E-state index in [1.54, 1.807) is 7.11 Å². The van der Waals surface area contributed by atoms with Crippen molar-refractivity contribution in [2.75, 3.05) is 38.2 Å². The summed E-state index contributed by atoms with van der Waals surface area (Å²) in [4.78, 5) is 17.7. The molecule has 0 bridgehead atoms. The molecule has 1 aliphatic carbocycles. The third-order valence-electron chi connectivity index (χ3n) is 5.95. The molecule has 0 N–H and O–H groups in total. The lowest BCUT2D eigenvalue weighted by molar-refractivity contribution is -0.141. The molecule has 136 valence electrons. The van der Waals surface area contributed by atoms with E-state index in [-0.39, 0.29) is 5.41 Å². The van der Waals surface area contributed by atoms with Crippen molar-refractivity contribution in [1.29, 1.82) is 0 Å². The summed E-state index contributed by atoms with van der Waals surface area (Å²) in [6.45, 7) is 3.34. The average molecular weight is 350 g/mol. The summed E-state index contributed by atoms with van der Waals surface area (Å²) in [5.41, 5.74) is 2.11. The van der Waals surface area contributed by atoms with Gasteiger partial charge in [-0.1, -0.05) is 36.8 Å². The van der Waals surface area contributed by atoms with Crippen molar-refractivity contribution in [3.8, 4) is 5.75 Å². The molecular formula is C22H26N2O2. The number of hydrogen-bond acceptors (Lipinski definition) is 3. The fraction of sp³-hybridized carbons (Fsp3) is 0.409. The normalized spacial score (nSPS) is 19.0. The van der Waals surface area contributed by atoms with E-state index in [0.717, 1.165) is 51.2 Å². The van der Waals surface area contributed by atoms with Crippen molar-refractivity contribution in [1.82, 2.24) is 4.90 Å². The van der Waals surface area contributed by atoms with Crippen LogP contribution in [0.25, 0.3) is 0 Å². The summed E-state index contributed by atoms with van der Waals surface area (Å²) in [6, 6.07) is 18.5. The van der Waals surface area contributed by atoms with Crippen molar-refractivity contribution in [3.63, 3.8) is 0 Å². The first-order valence-electron chi connectivity index (χ1n) is 9.47. The number of amides is 1. The second-order valence-electron chi connectivity index (χ2n) is 7.28. The van der Waals surface area contributed by atoms with Crippen molar-refractivity contribution in [2.45, 2.75) is 24.7 Å². The first-order chi connectivity index (χ1) is 12.7. The molecule has 2 aliphatic rings. The Morgan fingerprint density at radius 3 is 2.12 bits per heavy atom. The first kappa shape index (κ1) is 17.0. The molecule has 0 aromatic heterocycles. The summed E-state index contributed by atoms with van der Waals surface area (Å²) in [5.74, 6) is 1.20. The molecule has 2 aromatic rings. The van der Waals surface area contributed by atoms with Crippen molar-refractivity contribution in [2.24, 2.45) is 0 Å². The largest absolute Gasteiger partial charge is 0.497 e. The Kier molecular flexibility index (Phi) is 4.58. The number of methoxy groups -OCH3 is 1. The van der Waals surface area contributed by atoms with Gasteiger partial charge in [0.15, 0.2) is 0 Å². The van der Waals surface area contributed by atoms with E-state index in [0.29, 0.717) is 5.91 Å². The number of rotatable bonds is 4. The summed E-state index contributed by atoms with van der Waals surface area (Å²) >= 11 is 0. The van der Waals surface area contributed by atoms with E-state index in [4.69, 9.17) is 4.74 Å². The minimum Gasteiger partial charge on any atom is -0.497 e. The molecule has 2 fully saturated rings. The van der Waals surface area contributed by atoms with Gasteiger partial charge < -0.3 is 14.5 Å². The average Bonchev–Trinajstić information content (AvgIpc) is 2.68. The second kappa shape index (κ2) is 7.02. The van der Waals surface area contributed by atoms with E-state index < -0.39 is 0 Å². The number of ether oxygens (including phenoxy) is 1. The predicted molar refractivity (Wildman–Crippen MR) is 104 cm³/mol. The van der Waals surface area contributed by atoms with Crippen LogP contribution in [0.5, 0.6) is 5.75 Å². The molecule has 1 saturated carbocycles. The summed E-state index contributed by atoms with van der Waals surface area (Å²) < 4.78 is 5.23. The summed E-state index contributed by atoms with van der Waals surface area (Å²) in [7, 11) is 1.68. The van der Waals surface area contributed by atoms with E-state index >= 15 is 0 Å². The Morgan fingerprint density at radius 2 is 1.58 bits per heavy atom. The molecule has 4 heteroatoms. The van der Waals surface area contributed by atoms with Gasteiger partial charge in [0, 0.05) is 31.9 Å². The van der Waals surface area contributed by atoms with Gasteiger partial charge in [-0.2, -0.15) is 0 Å². The van der Waals surface area contributed by atoms with Crippen LogP contribution in [-0.2, 0) is 10.2 Å². The predicted octanol–water partition coefficient (Wildman–Crippen LogP) is 3.47. The molecule has 0 unspecified atom stereocenters. The van der Waals surface area contributed by atoms with E-state index in [2.05, 4.69) is 34.1 Å². The van der Waals surface area contributed by atoms with Gasteiger partial charge in [-0.3, -0.25) is 4.79 Å². The smallest absolute Gasteiger partial charge is 0.233 e. The second-order valence-corrected chi connectivity index (χ2v) is 7.28. The lowest BCUT2D eigenvalue weighted by Gasteiger charge is -2.46. The van der Waals surface area contributed by atoms with Gasteiger partial charge in [-0.05, 0) is 42.7 Å². The highest BCUT2D eigenvalue weighted by Gasteiger charge is 2.47. The van der Waals surface area contributed by atoms with Crippen LogP contribution in [0.15, 0.2) is 54.6 Å². The number of hydrogen-bond donors (Lipinski definition) is 0. The minimum absolute atomic E-state index is 0.274. The first-order valence-corrected chi connectivity index (χ1v) is 9.47. The van der Waals surface area contributed by atoms with Crippen molar-refractivity contribution in [3.05, 3.63) is 60.2 Å². The van der Waals surface area contributed by atoms with Gasteiger partial charge in [-0.15, -0.1) is 0 Å². The molecule has 2 aromatic carbocycles. The van der Waals surface area contributed by atoms with Crippen molar-refractivity contribution >= 4 is 11.6 Å². The monoisotopic (exact) mass is 350 g/mol. The van der Waals surface area contributed by atoms with Crippen LogP contribution in [0, 0.1) is 0 Å². The fourth-order valence-electron chi connectivity index (χ4n) is 4.18. The maximum atomic E-state index is 13.3. The lowest BCUT2D eigenvalue weighted by atomic mass is 9.63. The summed E-state index contributed by atoms with van der Waals surface area (Å²) in [5, 5.41) is 0. The van der Waals surface area contributed by atoms with Gasteiger partial charge >= 0.3 is 0 Å². The van der Waals surface area contributed by atoms with Gasteiger partial charge in [0.05, 0.1) is 12.5 Å². The van der Waals surface area contributed by atoms with Crippen LogP contribution in [-0.4, -0.2) is 44.1 Å².